The molecule has 3 aliphatic rings. The summed E-state index contributed by atoms with van der Waals surface area (Å²) in [6.45, 7) is 1.33. The fourth-order valence-electron chi connectivity index (χ4n) is 5.45. The zero-order valence-electron chi connectivity index (χ0n) is 26.6. The molecule has 0 bridgehead atoms. The lowest BCUT2D eigenvalue weighted by molar-refractivity contribution is -0.125. The average molecular weight is 535 g/mol. The van der Waals surface area contributed by atoms with Gasteiger partial charge in [0, 0.05) is 38.6 Å². The van der Waals surface area contributed by atoms with Gasteiger partial charge in [0.25, 0.3) is 5.91 Å². The predicted octanol–water partition coefficient (Wildman–Crippen LogP) is 3.19. The largest absolute Gasteiger partial charge is 0.351 e. The van der Waals surface area contributed by atoms with E-state index < -0.39 is 34.8 Å². The molecule has 1 aromatic rings. The lowest BCUT2D eigenvalue weighted by Crippen LogP contribution is -2.51. The molecule has 2 aliphatic heterocycles. The van der Waals surface area contributed by atoms with Crippen LogP contribution in [-0.2, 0) is 21.2 Å². The number of nitrogens with one attached hydrogen (secondary N) is 1. The second kappa shape index (κ2) is 10.6. The normalized spacial score (nSPS) is 24.7. The van der Waals surface area contributed by atoms with Gasteiger partial charge in [-0.15, -0.1) is 0 Å². The zero-order chi connectivity index (χ0) is 31.3. The van der Waals surface area contributed by atoms with Crippen LogP contribution < -0.4 is 16.0 Å². The van der Waals surface area contributed by atoms with Crippen LogP contribution in [0.25, 0.3) is 0 Å². The Morgan fingerprint density at radius 2 is 2.00 bits per heavy atom. The first kappa shape index (κ1) is 21.2. The summed E-state index contributed by atoms with van der Waals surface area (Å²) in [5, 5.41) is 2.88. The van der Waals surface area contributed by atoms with Gasteiger partial charge in [0.1, 0.15) is 11.4 Å². The monoisotopic (exact) mass is 534 g/mol. The van der Waals surface area contributed by atoms with E-state index in [0.29, 0.717) is 30.8 Å². The highest BCUT2D eigenvalue weighted by Gasteiger charge is 2.48. The van der Waals surface area contributed by atoms with Crippen LogP contribution >= 0.6 is 0 Å². The molecule has 0 saturated carbocycles. The average Bonchev–Trinajstić information content (AvgIpc) is 3.22. The van der Waals surface area contributed by atoms with Crippen molar-refractivity contribution in [3.8, 4) is 0 Å². The minimum atomic E-state index is -3.61. The van der Waals surface area contributed by atoms with Gasteiger partial charge in [0.05, 0.1) is 5.75 Å². The fourth-order valence-corrected chi connectivity index (χ4v) is 6.91. The Bertz CT molecular complexity index is 1410. The van der Waals surface area contributed by atoms with Crippen LogP contribution in [0, 0.1) is 19.8 Å². The van der Waals surface area contributed by atoms with Gasteiger partial charge in [-0.1, -0.05) is 18.5 Å². The maximum atomic E-state index is 13.3. The number of piperidine rings is 1. The third-order valence-electron chi connectivity index (χ3n) is 7.91. The Kier molecular flexibility index (Phi) is 6.07. The molecule has 1 unspecified atom stereocenters. The number of amidine groups is 1. The van der Waals surface area contributed by atoms with E-state index >= 15 is 0 Å². The van der Waals surface area contributed by atoms with Crippen molar-refractivity contribution in [2.45, 2.75) is 71.1 Å². The number of sulfonamides is 1. The SMILES string of the molecule is [2H]C([2H])([2H])C([2H])([2H])C1=CCC(C2=NC3(CCN(S(=O)(=O)CCc4c(C)cc(N(C)C(N)=O)cc4C)CC3)C(=O)N2)CC1. The zero-order valence-corrected chi connectivity index (χ0v) is 22.5. The summed E-state index contributed by atoms with van der Waals surface area (Å²) in [5.74, 6) is 0.00662. The van der Waals surface area contributed by atoms with E-state index in [1.807, 2.05) is 26.0 Å². The molecule has 202 valence electrons. The number of nitrogens with two attached hydrogens (primary N) is 1. The fraction of sp³-hybridized carbons (Fsp3) is 0.593. The first-order valence-electron chi connectivity index (χ1n) is 15.1. The lowest BCUT2D eigenvalue weighted by Gasteiger charge is -2.34. The Labute approximate surface area is 227 Å². The number of carbonyl (C=O) groups is 2. The summed E-state index contributed by atoms with van der Waals surface area (Å²) in [4.78, 5) is 30.7. The number of rotatable bonds is 7. The van der Waals surface area contributed by atoms with Crippen LogP contribution in [-0.4, -0.2) is 61.9 Å². The number of hydrogen-bond donors (Lipinski definition) is 2. The highest BCUT2D eigenvalue weighted by atomic mass is 32.2. The minimum Gasteiger partial charge on any atom is -0.351 e. The number of amides is 3. The van der Waals surface area contributed by atoms with Crippen molar-refractivity contribution in [1.82, 2.24) is 9.62 Å². The minimum absolute atomic E-state index is 0.0894. The number of anilines is 1. The van der Waals surface area contributed by atoms with Gasteiger partial charge in [0.2, 0.25) is 10.0 Å². The number of aliphatic imine (C=N–C) groups is 1. The van der Waals surface area contributed by atoms with Crippen molar-refractivity contribution < 1.29 is 24.9 Å². The molecular formula is C27H39N5O4S. The van der Waals surface area contributed by atoms with Gasteiger partial charge in [-0.05, 0) is 87.6 Å². The molecule has 4 rings (SSSR count). The molecule has 1 saturated heterocycles. The van der Waals surface area contributed by atoms with E-state index in [1.165, 1.54) is 9.21 Å². The second-order valence-electron chi connectivity index (χ2n) is 10.2. The van der Waals surface area contributed by atoms with Crippen molar-refractivity contribution in [1.29, 1.82) is 0 Å². The van der Waals surface area contributed by atoms with Gasteiger partial charge in [-0.2, -0.15) is 0 Å². The number of nitrogens with zero attached hydrogens (tertiary/aromatic N) is 3. The van der Waals surface area contributed by atoms with Crippen LogP contribution in [0.2, 0.25) is 0 Å². The van der Waals surface area contributed by atoms with Crippen molar-refractivity contribution in [3.05, 3.63) is 40.5 Å². The maximum absolute atomic E-state index is 13.3. The third kappa shape index (κ3) is 5.60. The van der Waals surface area contributed by atoms with Crippen LogP contribution in [0.4, 0.5) is 10.5 Å². The van der Waals surface area contributed by atoms with Crippen LogP contribution in [0.1, 0.15) is 68.9 Å². The first-order chi connectivity index (χ1) is 19.4. The standard InChI is InChI=1S/C27H39N5O4S/c1-5-20-6-8-21(9-7-20)24-29-25(33)27(30-24)11-13-32(14-12-27)37(35,36)15-10-23-18(2)16-22(17-19(23)3)31(4)26(28)34/h6,16-17,21H,5,7-15H2,1-4H3,(H2,28,34)(H,29,30,33)/i1D3,5D2. The second-order valence-corrected chi connectivity index (χ2v) is 12.3. The van der Waals surface area contributed by atoms with Gasteiger partial charge < -0.3 is 11.1 Å². The van der Waals surface area contributed by atoms with Crippen molar-refractivity contribution in [2.75, 3.05) is 30.8 Å². The number of carbonyl (C=O) groups excluding carboxylic acids is 2. The van der Waals surface area contributed by atoms with E-state index in [0.717, 1.165) is 16.7 Å². The van der Waals surface area contributed by atoms with Crippen LogP contribution in [0.5, 0.6) is 0 Å². The number of benzene rings is 1. The van der Waals surface area contributed by atoms with Crippen LogP contribution in [0.3, 0.4) is 0 Å². The molecule has 3 amide bonds. The summed E-state index contributed by atoms with van der Waals surface area (Å²) >= 11 is 0. The van der Waals surface area contributed by atoms with Crippen molar-refractivity contribution in [3.63, 3.8) is 0 Å². The number of primary amides is 1. The highest BCUT2D eigenvalue weighted by molar-refractivity contribution is 7.89. The molecule has 1 spiro atoms. The molecule has 10 heteroatoms. The number of aryl methyl sites for hydroxylation is 2. The molecule has 1 aliphatic carbocycles. The maximum Gasteiger partial charge on any atom is 0.318 e. The topological polar surface area (TPSA) is 125 Å². The number of urea groups is 1. The number of hydrogen-bond acceptors (Lipinski definition) is 5. The molecule has 1 aromatic carbocycles. The summed E-state index contributed by atoms with van der Waals surface area (Å²) in [7, 11) is -2.03. The first-order valence-corrected chi connectivity index (χ1v) is 14.2. The molecule has 0 radical (unpaired) electrons. The Balaban J connectivity index is 1.38. The molecule has 0 aromatic heterocycles. The Morgan fingerprint density at radius 1 is 1.32 bits per heavy atom. The highest BCUT2D eigenvalue weighted by Crippen LogP contribution is 2.35. The smallest absolute Gasteiger partial charge is 0.318 e. The Morgan fingerprint density at radius 3 is 2.57 bits per heavy atom. The number of allylic oxidation sites excluding steroid dienone is 2. The third-order valence-corrected chi connectivity index (χ3v) is 9.78. The lowest BCUT2D eigenvalue weighted by atomic mass is 9.87. The molecule has 3 N–H and O–H groups in total. The molecule has 9 nitrogen and oxygen atoms in total. The van der Waals surface area contributed by atoms with E-state index in [4.69, 9.17) is 17.6 Å². The molecule has 2 heterocycles. The van der Waals surface area contributed by atoms with E-state index in [1.54, 1.807) is 13.1 Å². The molecule has 1 fully saturated rings. The molecular weight excluding hydrogens is 490 g/mol. The predicted molar refractivity (Wildman–Crippen MR) is 146 cm³/mol. The van der Waals surface area contributed by atoms with Gasteiger partial charge in [-0.3, -0.25) is 14.7 Å². The van der Waals surface area contributed by atoms with E-state index in [-0.39, 0.29) is 55.5 Å². The Hall–Kier alpha value is -2.72. The van der Waals surface area contributed by atoms with Gasteiger partial charge in [0.15, 0.2) is 0 Å². The van der Waals surface area contributed by atoms with Crippen molar-refractivity contribution in [2.24, 2.45) is 16.6 Å². The molecule has 1 atom stereocenters. The summed E-state index contributed by atoms with van der Waals surface area (Å²) in [6.07, 6.45) is 1.12. The summed E-state index contributed by atoms with van der Waals surface area (Å²) < 4.78 is 66.5. The molecule has 37 heavy (non-hydrogen) atoms. The van der Waals surface area contributed by atoms with E-state index in [9.17, 15) is 18.0 Å². The quantitative estimate of drug-likeness (QED) is 0.521. The van der Waals surface area contributed by atoms with Crippen molar-refractivity contribution >= 4 is 33.5 Å². The van der Waals surface area contributed by atoms with Gasteiger partial charge in [-0.25, -0.2) is 17.5 Å². The van der Waals surface area contributed by atoms with Crippen LogP contribution in [0.15, 0.2) is 28.8 Å². The summed E-state index contributed by atoms with van der Waals surface area (Å²) in [6, 6.07) is 3.04. The van der Waals surface area contributed by atoms with E-state index in [2.05, 4.69) is 5.32 Å². The van der Waals surface area contributed by atoms with Gasteiger partial charge >= 0.3 is 6.03 Å². The summed E-state index contributed by atoms with van der Waals surface area (Å²) in [5.41, 5.74) is 7.86.